The molecule has 28 heavy (non-hydrogen) atoms. The van der Waals surface area contributed by atoms with Gasteiger partial charge in [-0.2, -0.15) is 9.78 Å². The molecule has 0 N–H and O–H groups in total. The molecule has 1 amide bonds. The Kier molecular flexibility index (Phi) is 4.01. The zero-order valence-electron chi connectivity index (χ0n) is 15.1. The van der Waals surface area contributed by atoms with Crippen LogP contribution in [0, 0.1) is 5.82 Å². The average Bonchev–Trinajstić information content (AvgIpc) is 3.40. The van der Waals surface area contributed by atoms with Crippen molar-refractivity contribution >= 4 is 22.6 Å². The van der Waals surface area contributed by atoms with Crippen molar-refractivity contribution in [3.63, 3.8) is 0 Å². The van der Waals surface area contributed by atoms with Crippen molar-refractivity contribution in [3.05, 3.63) is 60.7 Å². The van der Waals surface area contributed by atoms with E-state index in [1.54, 1.807) is 11.0 Å². The van der Waals surface area contributed by atoms with Gasteiger partial charge in [-0.05, 0) is 24.3 Å². The third kappa shape index (κ3) is 2.89. The smallest absolute Gasteiger partial charge is 0.320 e. The van der Waals surface area contributed by atoms with Gasteiger partial charge in [0.05, 0.1) is 22.2 Å². The van der Waals surface area contributed by atoms with Gasteiger partial charge in [0, 0.05) is 45.0 Å². The van der Waals surface area contributed by atoms with E-state index < -0.39 is 0 Å². The van der Waals surface area contributed by atoms with E-state index in [0.717, 1.165) is 29.8 Å². The van der Waals surface area contributed by atoms with Gasteiger partial charge in [-0.3, -0.25) is 4.90 Å². The summed E-state index contributed by atoms with van der Waals surface area (Å²) in [7, 11) is 0. The van der Waals surface area contributed by atoms with Crippen LogP contribution in [-0.4, -0.2) is 66.2 Å². The van der Waals surface area contributed by atoms with Crippen LogP contribution in [0.15, 0.2) is 49.2 Å². The highest BCUT2D eigenvalue weighted by Crippen LogP contribution is 2.21. The lowest BCUT2D eigenvalue weighted by atomic mass is 10.2. The van der Waals surface area contributed by atoms with Crippen molar-refractivity contribution in [1.82, 2.24) is 33.9 Å². The summed E-state index contributed by atoms with van der Waals surface area (Å²) in [5, 5.41) is 3.90. The van der Waals surface area contributed by atoms with E-state index in [0.29, 0.717) is 25.2 Å². The number of carbonyl (C=O) groups excluding carboxylic acids is 1. The van der Waals surface area contributed by atoms with Gasteiger partial charge in [0.1, 0.15) is 18.5 Å². The average molecular weight is 379 g/mol. The van der Waals surface area contributed by atoms with Crippen LogP contribution in [-0.2, 0) is 6.54 Å². The third-order valence-corrected chi connectivity index (χ3v) is 5.13. The monoisotopic (exact) mass is 379 g/mol. The van der Waals surface area contributed by atoms with Gasteiger partial charge in [-0.15, -0.1) is 0 Å². The molecule has 142 valence electrons. The second-order valence-electron chi connectivity index (χ2n) is 6.84. The van der Waals surface area contributed by atoms with E-state index in [1.807, 2.05) is 22.7 Å². The number of piperazine rings is 1. The second-order valence-corrected chi connectivity index (χ2v) is 6.84. The minimum atomic E-state index is -0.294. The highest BCUT2D eigenvalue weighted by molar-refractivity contribution is 5.79. The number of benzene rings is 1. The minimum absolute atomic E-state index is 0.162. The molecule has 0 atom stereocenters. The Morgan fingerprint density at radius 2 is 1.96 bits per heavy atom. The first-order valence-electron chi connectivity index (χ1n) is 9.10. The number of hydrogen-bond acceptors (Lipinski definition) is 5. The summed E-state index contributed by atoms with van der Waals surface area (Å²) in [4.78, 5) is 24.9. The number of carbonyl (C=O) groups is 1. The van der Waals surface area contributed by atoms with E-state index in [-0.39, 0.29) is 11.8 Å². The van der Waals surface area contributed by atoms with Gasteiger partial charge in [0.15, 0.2) is 0 Å². The zero-order valence-corrected chi connectivity index (χ0v) is 15.1. The van der Waals surface area contributed by atoms with Crippen LogP contribution in [0.25, 0.3) is 16.6 Å². The van der Waals surface area contributed by atoms with Gasteiger partial charge in [-0.1, -0.05) is 0 Å². The molecule has 1 aliphatic rings. The molecular formula is C19H18FN7O. The first-order chi connectivity index (χ1) is 13.7. The van der Waals surface area contributed by atoms with Crippen LogP contribution in [0.2, 0.25) is 0 Å². The number of fused-ring (bicyclic) bond motifs is 3. The van der Waals surface area contributed by atoms with Gasteiger partial charge >= 0.3 is 6.03 Å². The van der Waals surface area contributed by atoms with Crippen LogP contribution < -0.4 is 0 Å². The molecule has 1 fully saturated rings. The lowest BCUT2D eigenvalue weighted by molar-refractivity contribution is 0.134. The van der Waals surface area contributed by atoms with Crippen LogP contribution in [0.1, 0.15) is 5.69 Å². The molecule has 0 spiro atoms. The standard InChI is InChI=1S/C19H18FN7O/c20-14-3-4-18-15(10-14)23-16(17-2-1-5-26(17)18)11-24-6-8-25(9-7-24)19(28)27-13-21-12-22-27/h1-5,10,12-13H,6-9,11H2. The van der Waals surface area contributed by atoms with Crippen LogP contribution in [0.4, 0.5) is 9.18 Å². The molecule has 1 aliphatic heterocycles. The predicted molar refractivity (Wildman–Crippen MR) is 100 cm³/mol. The lowest BCUT2D eigenvalue weighted by Gasteiger charge is -2.34. The maximum atomic E-state index is 13.7. The van der Waals surface area contributed by atoms with Crippen molar-refractivity contribution in [2.45, 2.75) is 6.54 Å². The number of amides is 1. The van der Waals surface area contributed by atoms with Crippen LogP contribution in [0.3, 0.4) is 0 Å². The van der Waals surface area contributed by atoms with Gasteiger partial charge < -0.3 is 9.30 Å². The Hall–Kier alpha value is -3.33. The molecule has 0 unspecified atom stereocenters. The molecule has 0 saturated carbocycles. The molecule has 3 aromatic heterocycles. The largest absolute Gasteiger partial charge is 0.346 e. The fraction of sp³-hybridized carbons (Fsp3) is 0.263. The quantitative estimate of drug-likeness (QED) is 0.533. The Bertz CT molecular complexity index is 1150. The topological polar surface area (TPSA) is 71.6 Å². The van der Waals surface area contributed by atoms with E-state index in [2.05, 4.69) is 15.0 Å². The third-order valence-electron chi connectivity index (χ3n) is 5.13. The molecule has 4 heterocycles. The maximum Gasteiger partial charge on any atom is 0.346 e. The fourth-order valence-corrected chi connectivity index (χ4v) is 3.70. The molecule has 4 aromatic rings. The fourth-order valence-electron chi connectivity index (χ4n) is 3.70. The highest BCUT2D eigenvalue weighted by atomic mass is 19.1. The maximum absolute atomic E-state index is 13.7. The Morgan fingerprint density at radius 3 is 2.75 bits per heavy atom. The predicted octanol–water partition coefficient (Wildman–Crippen LogP) is 2.00. The molecular weight excluding hydrogens is 361 g/mol. The van der Waals surface area contributed by atoms with E-state index in [1.165, 1.54) is 29.5 Å². The van der Waals surface area contributed by atoms with Crippen molar-refractivity contribution in [2.24, 2.45) is 0 Å². The molecule has 0 radical (unpaired) electrons. The zero-order chi connectivity index (χ0) is 19.1. The molecule has 5 rings (SSSR count). The molecule has 0 bridgehead atoms. The molecule has 8 nitrogen and oxygen atoms in total. The number of halogens is 1. The van der Waals surface area contributed by atoms with Gasteiger partial charge in [-0.25, -0.2) is 19.2 Å². The van der Waals surface area contributed by atoms with Gasteiger partial charge in [0.25, 0.3) is 0 Å². The van der Waals surface area contributed by atoms with E-state index >= 15 is 0 Å². The number of rotatable bonds is 2. The highest BCUT2D eigenvalue weighted by Gasteiger charge is 2.23. The minimum Gasteiger partial charge on any atom is -0.320 e. The van der Waals surface area contributed by atoms with E-state index in [4.69, 9.17) is 4.98 Å². The number of aromatic nitrogens is 5. The summed E-state index contributed by atoms with van der Waals surface area (Å²) in [6, 6.07) is 8.50. The normalized spacial score (nSPS) is 15.5. The number of nitrogens with zero attached hydrogens (tertiary/aromatic N) is 7. The van der Waals surface area contributed by atoms with E-state index in [9.17, 15) is 9.18 Å². The summed E-state index contributed by atoms with van der Waals surface area (Å²) in [5.74, 6) is -0.294. The van der Waals surface area contributed by atoms with Crippen molar-refractivity contribution in [2.75, 3.05) is 26.2 Å². The van der Waals surface area contributed by atoms with Crippen molar-refractivity contribution in [3.8, 4) is 0 Å². The second kappa shape index (κ2) is 6.68. The number of hydrogen-bond donors (Lipinski definition) is 0. The summed E-state index contributed by atoms with van der Waals surface area (Å²) in [6.07, 6.45) is 4.73. The summed E-state index contributed by atoms with van der Waals surface area (Å²) >= 11 is 0. The van der Waals surface area contributed by atoms with Crippen molar-refractivity contribution in [1.29, 1.82) is 0 Å². The first-order valence-corrected chi connectivity index (χ1v) is 9.10. The molecule has 0 aliphatic carbocycles. The van der Waals surface area contributed by atoms with Crippen LogP contribution >= 0.6 is 0 Å². The first kappa shape index (κ1) is 16.8. The van der Waals surface area contributed by atoms with Crippen molar-refractivity contribution < 1.29 is 9.18 Å². The molecule has 9 heteroatoms. The SMILES string of the molecule is O=C(N1CCN(Cc2nc3cc(F)ccc3n3cccc23)CC1)n1cncn1. The Morgan fingerprint density at radius 1 is 1.11 bits per heavy atom. The Labute approximate surface area is 159 Å². The summed E-state index contributed by atoms with van der Waals surface area (Å²) < 4.78 is 17.0. The summed E-state index contributed by atoms with van der Waals surface area (Å²) in [5.41, 5.74) is 3.44. The molecule has 1 aromatic carbocycles. The summed E-state index contributed by atoms with van der Waals surface area (Å²) in [6.45, 7) is 3.33. The lowest BCUT2D eigenvalue weighted by Crippen LogP contribution is -2.49. The molecule has 1 saturated heterocycles. The Balaban J connectivity index is 1.36. The van der Waals surface area contributed by atoms with Gasteiger partial charge in [0.2, 0.25) is 0 Å². The van der Waals surface area contributed by atoms with Crippen LogP contribution in [0.5, 0.6) is 0 Å².